The fourth-order valence-corrected chi connectivity index (χ4v) is 9.04. The lowest BCUT2D eigenvalue weighted by Crippen LogP contribution is -2.44. The monoisotopic (exact) mass is 1060 g/mol. The molecule has 5 N–H and O–H groups in total. The Morgan fingerprint density at radius 1 is 0.653 bits per heavy atom. The molecule has 0 unspecified atom stereocenters. The molecule has 404 valence electrons. The van der Waals surface area contributed by atoms with E-state index in [4.69, 9.17) is 26.8 Å². The summed E-state index contributed by atoms with van der Waals surface area (Å²) < 4.78 is 39.0. The van der Waals surface area contributed by atoms with Crippen LogP contribution in [0, 0.1) is 11.6 Å². The molecule has 0 radical (unpaired) electrons. The minimum atomic E-state index is -0.559. The standard InChI is InChI=1S/C27H35FN6O3.C15H22N2O2.C12H14ClFN4O/c1-5-23(35)34-12-6-7-21(17-34)30-24-22(28)16-29-25(32-24)31-20-9-8-18-10-13-33(14-11-19(18)15-20)26(36)37-27(2,3)4;1-15(2,3)19-14(18)17-8-6-11-4-5-13(16)10-12(11)7-9-17;1-2-10(19)18-5-3-4-8(7-18)16-11-9(14)6-15-12(13)17-11/h5,8-9,15-16,21H,1,6-7,10-14,17H2,2-4H3,(H2,29,30,31,32);4-5,10H,6-9,16H2,1-3H3;2,6,8H,1,3-5,7H2,(H,15,16,17)/t21-;;8-/m1.1/s1. The molecule has 2 saturated heterocycles. The number of hydrogen-bond donors (Lipinski definition) is 4. The number of carbonyl (C=O) groups excluding carboxylic acids is 4. The third kappa shape index (κ3) is 17.5. The third-order valence-corrected chi connectivity index (χ3v) is 12.7. The Hall–Kier alpha value is -7.09. The summed E-state index contributed by atoms with van der Waals surface area (Å²) >= 11 is 5.63. The van der Waals surface area contributed by atoms with E-state index in [-0.39, 0.29) is 59.0 Å². The van der Waals surface area contributed by atoms with Crippen molar-refractivity contribution in [2.75, 3.05) is 74.0 Å². The van der Waals surface area contributed by atoms with Gasteiger partial charge in [0.1, 0.15) is 11.2 Å². The van der Waals surface area contributed by atoms with Crippen molar-refractivity contribution >= 4 is 64.6 Å². The number of aromatic nitrogens is 4. The van der Waals surface area contributed by atoms with Crippen LogP contribution in [0.3, 0.4) is 0 Å². The molecule has 4 aliphatic heterocycles. The van der Waals surface area contributed by atoms with Crippen LogP contribution in [0.5, 0.6) is 0 Å². The van der Waals surface area contributed by atoms with E-state index in [0.29, 0.717) is 58.8 Å². The topological polar surface area (TPSA) is 213 Å². The van der Waals surface area contributed by atoms with Crippen LogP contribution in [0.1, 0.15) is 89.5 Å². The zero-order valence-corrected chi connectivity index (χ0v) is 44.7. The first-order valence-electron chi connectivity index (χ1n) is 25.3. The third-order valence-electron chi connectivity index (χ3n) is 12.6. The van der Waals surface area contributed by atoms with Crippen molar-refractivity contribution in [3.63, 3.8) is 0 Å². The SMILES string of the molecule is C=CC(=O)N1CCC[C@@H](Nc2nc(Cl)ncc2F)C1.C=CC(=O)N1CCC[C@@H](Nc2nc(Nc3ccc4c(c3)CCN(C(=O)OC(C)(C)C)CC4)ncc2F)C1.CC(C)(C)OC(=O)N1CCc2ccc(N)cc2CC1. The number of carbonyl (C=O) groups is 4. The average molecular weight is 1060 g/mol. The predicted octanol–water partition coefficient (Wildman–Crippen LogP) is 8.75. The normalized spacial score (nSPS) is 17.6. The number of fused-ring (bicyclic) bond motifs is 2. The van der Waals surface area contributed by atoms with Crippen LogP contribution in [-0.4, -0.2) is 139 Å². The molecule has 2 aromatic carbocycles. The van der Waals surface area contributed by atoms with Crippen molar-refractivity contribution in [3.8, 4) is 0 Å². The molecule has 0 spiro atoms. The van der Waals surface area contributed by atoms with Gasteiger partial charge in [-0.15, -0.1) is 0 Å². The van der Waals surface area contributed by atoms with Crippen molar-refractivity contribution in [3.05, 3.63) is 113 Å². The summed E-state index contributed by atoms with van der Waals surface area (Å²) in [7, 11) is 0. The Balaban J connectivity index is 0.000000202. The molecule has 8 rings (SSSR count). The summed E-state index contributed by atoms with van der Waals surface area (Å²) in [5, 5.41) is 9.24. The van der Waals surface area contributed by atoms with Crippen molar-refractivity contribution in [1.82, 2.24) is 39.5 Å². The number of anilines is 5. The fraction of sp³-hybridized carbons (Fsp3) is 0.481. The molecule has 2 atom stereocenters. The molecule has 0 saturated carbocycles. The van der Waals surface area contributed by atoms with Gasteiger partial charge in [0.2, 0.25) is 23.0 Å². The second-order valence-corrected chi connectivity index (χ2v) is 21.1. The first kappa shape index (κ1) is 57.2. The molecular weight excluding hydrogens is 986 g/mol. The lowest BCUT2D eigenvalue weighted by molar-refractivity contribution is -0.127. The highest BCUT2D eigenvalue weighted by Gasteiger charge is 2.28. The van der Waals surface area contributed by atoms with Crippen LogP contribution < -0.4 is 21.7 Å². The molecule has 2 fully saturated rings. The minimum Gasteiger partial charge on any atom is -0.444 e. The van der Waals surface area contributed by atoms with Gasteiger partial charge in [0.15, 0.2) is 23.3 Å². The quantitative estimate of drug-likeness (QED) is 0.0738. The molecule has 0 aliphatic carbocycles. The molecule has 4 amide bonds. The number of rotatable bonds is 8. The first-order chi connectivity index (χ1) is 35.6. The second-order valence-electron chi connectivity index (χ2n) is 20.7. The smallest absolute Gasteiger partial charge is 0.410 e. The van der Waals surface area contributed by atoms with Gasteiger partial charge in [-0.3, -0.25) is 9.59 Å². The Morgan fingerprint density at radius 3 is 1.60 bits per heavy atom. The summed E-state index contributed by atoms with van der Waals surface area (Å²) in [5.74, 6) is -0.931. The van der Waals surface area contributed by atoms with Gasteiger partial charge in [-0.05, 0) is 163 Å². The second kappa shape index (κ2) is 25.9. The van der Waals surface area contributed by atoms with E-state index in [1.807, 2.05) is 71.9 Å². The summed E-state index contributed by atoms with van der Waals surface area (Å²) in [5.41, 5.74) is 11.2. The predicted molar refractivity (Wildman–Crippen MR) is 287 cm³/mol. The lowest BCUT2D eigenvalue weighted by atomic mass is 10.0. The van der Waals surface area contributed by atoms with Gasteiger partial charge in [0.25, 0.3) is 0 Å². The number of nitrogen functional groups attached to an aromatic ring is 1. The number of piperidine rings is 2. The van der Waals surface area contributed by atoms with E-state index in [2.05, 4.69) is 55.1 Å². The number of benzene rings is 2. The van der Waals surface area contributed by atoms with Gasteiger partial charge >= 0.3 is 12.2 Å². The van der Waals surface area contributed by atoms with Crippen LogP contribution in [0.4, 0.5) is 47.3 Å². The van der Waals surface area contributed by atoms with Crippen LogP contribution in [0.25, 0.3) is 0 Å². The van der Waals surface area contributed by atoms with Crippen molar-refractivity contribution in [2.24, 2.45) is 0 Å². The molecule has 2 aromatic heterocycles. The number of nitrogens with zero attached hydrogens (tertiary/aromatic N) is 8. The molecular formula is C54H71ClF2N12O6. The fourth-order valence-electron chi connectivity index (χ4n) is 8.91. The largest absolute Gasteiger partial charge is 0.444 e. The van der Waals surface area contributed by atoms with E-state index in [1.54, 1.807) is 19.6 Å². The lowest BCUT2D eigenvalue weighted by Gasteiger charge is -2.32. The van der Waals surface area contributed by atoms with Gasteiger partial charge in [-0.2, -0.15) is 9.97 Å². The van der Waals surface area contributed by atoms with Gasteiger partial charge in [0, 0.05) is 75.8 Å². The summed E-state index contributed by atoms with van der Waals surface area (Å²) in [6.45, 7) is 23.1. The van der Waals surface area contributed by atoms with E-state index >= 15 is 0 Å². The van der Waals surface area contributed by atoms with Crippen LogP contribution in [-0.2, 0) is 44.7 Å². The maximum Gasteiger partial charge on any atom is 0.410 e. The summed E-state index contributed by atoms with van der Waals surface area (Å²) in [6.07, 6.45) is 10.6. The zero-order chi connectivity index (χ0) is 54.5. The highest BCUT2D eigenvalue weighted by atomic mass is 35.5. The van der Waals surface area contributed by atoms with Crippen LogP contribution >= 0.6 is 11.6 Å². The minimum absolute atomic E-state index is 0.0151. The first-order valence-corrected chi connectivity index (χ1v) is 25.7. The summed E-state index contributed by atoms with van der Waals surface area (Å²) in [4.78, 5) is 70.8. The molecule has 6 heterocycles. The maximum atomic E-state index is 14.5. The number of nitrogens with two attached hydrogens (primary N) is 1. The molecule has 75 heavy (non-hydrogen) atoms. The Morgan fingerprint density at radius 2 is 1.11 bits per heavy atom. The Bertz CT molecular complexity index is 2680. The van der Waals surface area contributed by atoms with E-state index < -0.39 is 22.8 Å². The molecule has 18 nitrogen and oxygen atoms in total. The van der Waals surface area contributed by atoms with E-state index in [9.17, 15) is 28.0 Å². The maximum absolute atomic E-state index is 14.5. The molecule has 0 bridgehead atoms. The van der Waals surface area contributed by atoms with Gasteiger partial charge in [-0.25, -0.2) is 28.3 Å². The van der Waals surface area contributed by atoms with Gasteiger partial charge in [0.05, 0.1) is 12.4 Å². The number of amides is 4. The zero-order valence-electron chi connectivity index (χ0n) is 43.9. The molecule has 4 aromatic rings. The van der Waals surface area contributed by atoms with E-state index in [1.165, 1.54) is 28.8 Å². The summed E-state index contributed by atoms with van der Waals surface area (Å²) in [6, 6.07) is 11.8. The average Bonchev–Trinajstić information content (AvgIpc) is 3.72. The molecule has 21 heteroatoms. The van der Waals surface area contributed by atoms with Gasteiger partial charge in [-0.1, -0.05) is 25.3 Å². The highest BCUT2D eigenvalue weighted by molar-refractivity contribution is 6.28. The number of likely N-dealkylation sites (tertiary alicyclic amines) is 2. The Labute approximate surface area is 443 Å². The van der Waals surface area contributed by atoms with Crippen molar-refractivity contribution in [1.29, 1.82) is 0 Å². The van der Waals surface area contributed by atoms with Crippen molar-refractivity contribution < 1.29 is 37.4 Å². The molecule has 4 aliphatic rings. The van der Waals surface area contributed by atoms with E-state index in [0.717, 1.165) is 74.3 Å². The van der Waals surface area contributed by atoms with Gasteiger partial charge < -0.3 is 50.8 Å². The Kier molecular flexibility index (Phi) is 19.8. The number of halogens is 3. The van der Waals surface area contributed by atoms with Crippen LogP contribution in [0.15, 0.2) is 74.1 Å². The number of nitrogens with one attached hydrogen (secondary N) is 3. The number of hydrogen-bond acceptors (Lipinski definition) is 14. The van der Waals surface area contributed by atoms with Crippen molar-refractivity contribution in [2.45, 2.75) is 116 Å². The highest BCUT2D eigenvalue weighted by Crippen LogP contribution is 2.26. The van der Waals surface area contributed by atoms with Crippen LogP contribution in [0.2, 0.25) is 5.28 Å². The number of ether oxygens (including phenoxy) is 2.